The summed E-state index contributed by atoms with van der Waals surface area (Å²) in [6, 6.07) is 0. The van der Waals surface area contributed by atoms with Crippen LogP contribution in [0.1, 0.15) is 40.0 Å². The lowest BCUT2D eigenvalue weighted by atomic mass is 9.98. The van der Waals surface area contributed by atoms with E-state index in [0.717, 1.165) is 0 Å². The SMILES string of the molecule is CCC(O)COCC1OC(O)C(OCC(O)COC2OC(O)C(O)C(OCC(O)CC)C2O)C(OCC(O)CC)C1O. The monoisotopic (exact) mass is 618 g/mol. The molecule has 9 N–H and O–H groups in total. The molecule has 2 aliphatic rings. The van der Waals surface area contributed by atoms with Crippen LogP contribution in [0.4, 0.5) is 0 Å². The van der Waals surface area contributed by atoms with E-state index in [9.17, 15) is 46.0 Å². The fraction of sp³-hybridized carbons (Fsp3) is 1.00. The smallest absolute Gasteiger partial charge is 0.189 e. The maximum atomic E-state index is 10.9. The van der Waals surface area contributed by atoms with Gasteiger partial charge in [-0.3, -0.25) is 0 Å². The highest BCUT2D eigenvalue weighted by atomic mass is 16.8. The summed E-state index contributed by atoms with van der Waals surface area (Å²) >= 11 is 0. The molecule has 0 aromatic carbocycles. The molecule has 0 saturated carbocycles. The molecule has 0 spiro atoms. The minimum atomic E-state index is -1.77. The van der Waals surface area contributed by atoms with Crippen molar-refractivity contribution in [3.05, 3.63) is 0 Å². The molecule has 14 atom stereocenters. The molecule has 14 unspecified atom stereocenters. The summed E-state index contributed by atoms with van der Waals surface area (Å²) < 4.78 is 37.9. The van der Waals surface area contributed by atoms with Gasteiger partial charge < -0.3 is 79.1 Å². The molecule has 0 aromatic heterocycles. The van der Waals surface area contributed by atoms with Crippen LogP contribution in [0.15, 0.2) is 0 Å². The van der Waals surface area contributed by atoms with Crippen molar-refractivity contribution in [1.82, 2.24) is 0 Å². The fourth-order valence-corrected chi connectivity index (χ4v) is 4.16. The van der Waals surface area contributed by atoms with E-state index in [4.69, 9.17) is 33.2 Å². The molecule has 2 rings (SSSR count). The molecular formula is C26H50O16. The summed E-state index contributed by atoms with van der Waals surface area (Å²) in [7, 11) is 0. The van der Waals surface area contributed by atoms with Gasteiger partial charge in [-0.1, -0.05) is 20.8 Å². The average Bonchev–Trinajstić information content (AvgIpc) is 2.97. The quantitative estimate of drug-likeness (QED) is 0.0676. The molecule has 0 aliphatic carbocycles. The van der Waals surface area contributed by atoms with Gasteiger partial charge in [0, 0.05) is 0 Å². The molecule has 0 bridgehead atoms. The molecule has 2 fully saturated rings. The first-order valence-electron chi connectivity index (χ1n) is 14.4. The number of aliphatic hydroxyl groups is 9. The Bertz CT molecular complexity index is 720. The number of ether oxygens (including phenoxy) is 7. The lowest BCUT2D eigenvalue weighted by Crippen LogP contribution is -2.61. The maximum Gasteiger partial charge on any atom is 0.189 e. The first-order valence-corrected chi connectivity index (χ1v) is 14.4. The maximum absolute atomic E-state index is 10.9. The van der Waals surface area contributed by atoms with Crippen molar-refractivity contribution in [2.45, 2.75) is 126 Å². The van der Waals surface area contributed by atoms with Crippen LogP contribution < -0.4 is 0 Å². The minimum Gasteiger partial charge on any atom is -0.391 e. The molecule has 2 aliphatic heterocycles. The van der Waals surface area contributed by atoms with E-state index in [0.29, 0.717) is 19.3 Å². The molecule has 16 heteroatoms. The van der Waals surface area contributed by atoms with Gasteiger partial charge in [0.15, 0.2) is 18.9 Å². The van der Waals surface area contributed by atoms with Crippen LogP contribution >= 0.6 is 0 Å². The largest absolute Gasteiger partial charge is 0.391 e. The second-order valence-electron chi connectivity index (χ2n) is 10.5. The van der Waals surface area contributed by atoms with E-state index >= 15 is 0 Å². The molecular weight excluding hydrogens is 568 g/mol. The van der Waals surface area contributed by atoms with Crippen LogP contribution in [0.3, 0.4) is 0 Å². The normalized spacial score (nSPS) is 36.9. The van der Waals surface area contributed by atoms with Crippen molar-refractivity contribution >= 4 is 0 Å². The van der Waals surface area contributed by atoms with Crippen LogP contribution in [0.25, 0.3) is 0 Å². The molecule has 0 aromatic rings. The van der Waals surface area contributed by atoms with Crippen molar-refractivity contribution in [3.63, 3.8) is 0 Å². The van der Waals surface area contributed by atoms with Gasteiger partial charge in [-0.25, -0.2) is 0 Å². The predicted molar refractivity (Wildman–Crippen MR) is 141 cm³/mol. The predicted octanol–water partition coefficient (Wildman–Crippen LogP) is -3.68. The van der Waals surface area contributed by atoms with Gasteiger partial charge in [0.2, 0.25) is 0 Å². The molecule has 2 heterocycles. The Labute approximate surface area is 245 Å². The second kappa shape index (κ2) is 19.0. The molecule has 0 radical (unpaired) electrons. The van der Waals surface area contributed by atoms with Gasteiger partial charge in [0.1, 0.15) is 48.8 Å². The lowest BCUT2D eigenvalue weighted by molar-refractivity contribution is -0.349. The summed E-state index contributed by atoms with van der Waals surface area (Å²) in [5.74, 6) is 0. The van der Waals surface area contributed by atoms with Gasteiger partial charge in [-0.15, -0.1) is 0 Å². The topological polar surface area (TPSA) is 247 Å². The Hall–Kier alpha value is -0.640. The fourth-order valence-electron chi connectivity index (χ4n) is 4.16. The summed E-state index contributed by atoms with van der Waals surface area (Å²) in [6.45, 7) is 3.71. The third kappa shape index (κ3) is 11.4. The van der Waals surface area contributed by atoms with Crippen molar-refractivity contribution in [2.24, 2.45) is 0 Å². The number of rotatable bonds is 19. The highest BCUT2D eigenvalue weighted by Gasteiger charge is 2.48. The highest BCUT2D eigenvalue weighted by Crippen LogP contribution is 2.27. The standard InChI is InChI=1S/C26H50O16/c1-4-13(27)7-36-12-17-18(31)22(38-9-15(29)6-3)23(25(35)41-17)39-10-16(30)11-40-26-20(33)21(19(32)24(34)42-26)37-8-14(28)5-2/h13-35H,4-12H2,1-3H3. The van der Waals surface area contributed by atoms with Crippen molar-refractivity contribution in [1.29, 1.82) is 0 Å². The zero-order valence-corrected chi connectivity index (χ0v) is 24.3. The van der Waals surface area contributed by atoms with Crippen molar-refractivity contribution in [2.75, 3.05) is 39.6 Å². The third-order valence-corrected chi connectivity index (χ3v) is 7.06. The Kier molecular flexibility index (Phi) is 17.0. The molecule has 250 valence electrons. The van der Waals surface area contributed by atoms with Crippen LogP contribution in [0.2, 0.25) is 0 Å². The zero-order valence-electron chi connectivity index (χ0n) is 24.3. The summed E-state index contributed by atoms with van der Waals surface area (Å²) in [5.41, 5.74) is 0. The van der Waals surface area contributed by atoms with Gasteiger partial charge in [0.05, 0.1) is 58.0 Å². The molecule has 2 saturated heterocycles. The van der Waals surface area contributed by atoms with Crippen molar-refractivity contribution in [3.8, 4) is 0 Å². The van der Waals surface area contributed by atoms with E-state index in [2.05, 4.69) is 0 Å². The minimum absolute atomic E-state index is 0.00563. The first-order chi connectivity index (χ1) is 19.9. The van der Waals surface area contributed by atoms with E-state index in [1.165, 1.54) is 0 Å². The Balaban J connectivity index is 1.94. The molecule has 42 heavy (non-hydrogen) atoms. The van der Waals surface area contributed by atoms with Crippen LogP contribution in [0.5, 0.6) is 0 Å². The Morgan fingerprint density at radius 2 is 1.02 bits per heavy atom. The summed E-state index contributed by atoms with van der Waals surface area (Å²) in [4.78, 5) is 0. The first kappa shape index (κ1) is 37.5. The third-order valence-electron chi connectivity index (χ3n) is 7.06. The number of hydrogen-bond acceptors (Lipinski definition) is 16. The van der Waals surface area contributed by atoms with Crippen LogP contribution in [-0.4, -0.2) is 172 Å². The Morgan fingerprint density at radius 1 is 0.524 bits per heavy atom. The van der Waals surface area contributed by atoms with E-state index in [1.807, 2.05) is 0 Å². The second-order valence-corrected chi connectivity index (χ2v) is 10.5. The Morgan fingerprint density at radius 3 is 1.62 bits per heavy atom. The van der Waals surface area contributed by atoms with Gasteiger partial charge in [-0.05, 0) is 19.3 Å². The van der Waals surface area contributed by atoms with Crippen LogP contribution in [-0.2, 0) is 33.2 Å². The van der Waals surface area contributed by atoms with Crippen molar-refractivity contribution < 1.29 is 79.1 Å². The van der Waals surface area contributed by atoms with E-state index < -0.39 is 99.2 Å². The van der Waals surface area contributed by atoms with Gasteiger partial charge in [-0.2, -0.15) is 0 Å². The molecule has 16 nitrogen and oxygen atoms in total. The highest BCUT2D eigenvalue weighted by molar-refractivity contribution is 4.92. The van der Waals surface area contributed by atoms with E-state index in [1.54, 1.807) is 20.8 Å². The molecule has 0 amide bonds. The zero-order chi connectivity index (χ0) is 31.4. The average molecular weight is 619 g/mol. The lowest BCUT2D eigenvalue weighted by Gasteiger charge is -2.43. The number of hydrogen-bond donors (Lipinski definition) is 9. The van der Waals surface area contributed by atoms with E-state index in [-0.39, 0.29) is 26.4 Å². The van der Waals surface area contributed by atoms with Gasteiger partial charge >= 0.3 is 0 Å². The van der Waals surface area contributed by atoms with Gasteiger partial charge in [0.25, 0.3) is 0 Å². The summed E-state index contributed by atoms with van der Waals surface area (Å²) in [5, 5.41) is 91.9. The number of aliphatic hydroxyl groups excluding tert-OH is 9. The summed E-state index contributed by atoms with van der Waals surface area (Å²) in [6.07, 6.45) is -16.9. The van der Waals surface area contributed by atoms with Crippen LogP contribution in [0, 0.1) is 0 Å².